The molecule has 1 aromatic heterocycles. The van der Waals surface area contributed by atoms with Crippen LogP contribution < -0.4 is 4.74 Å². The maximum Gasteiger partial charge on any atom is 0.272 e. The minimum absolute atomic E-state index is 0.0182. The molecule has 0 saturated carbocycles. The molecule has 0 radical (unpaired) electrons. The van der Waals surface area contributed by atoms with Crippen LogP contribution in [0.25, 0.3) is 0 Å². The van der Waals surface area contributed by atoms with Crippen LogP contribution in [0.2, 0.25) is 0 Å². The van der Waals surface area contributed by atoms with Crippen molar-refractivity contribution in [2.45, 2.75) is 20.3 Å². The molecular weight excluding hydrogens is 202 g/mol. The van der Waals surface area contributed by atoms with Crippen molar-refractivity contribution in [3.05, 3.63) is 22.9 Å². The summed E-state index contributed by atoms with van der Waals surface area (Å²) in [5.74, 6) is -0.0182. The summed E-state index contributed by atoms with van der Waals surface area (Å²) in [4.78, 5) is 3.90. The molecule has 0 amide bonds. The van der Waals surface area contributed by atoms with Crippen molar-refractivity contribution in [3.8, 4) is 11.9 Å². The van der Waals surface area contributed by atoms with Crippen LogP contribution in [0.5, 0.6) is 5.88 Å². The number of rotatable bonds is 3. The molecule has 15 heavy (non-hydrogen) atoms. The zero-order chi connectivity index (χ0) is 11.4. The monoisotopic (exact) mass is 212 g/mol. The number of hydrogen-bond acceptors (Lipinski definition) is 3. The van der Waals surface area contributed by atoms with Gasteiger partial charge in [0.1, 0.15) is 11.6 Å². The highest BCUT2D eigenvalue weighted by atomic mass is 19.3. The summed E-state index contributed by atoms with van der Waals surface area (Å²) < 4.78 is 28.6. The lowest BCUT2D eigenvalue weighted by atomic mass is 10.1. The summed E-state index contributed by atoms with van der Waals surface area (Å²) in [6.07, 6.45) is -2.57. The number of pyridine rings is 1. The zero-order valence-corrected chi connectivity index (χ0v) is 8.42. The fourth-order valence-electron chi connectivity index (χ4n) is 1.18. The number of halogens is 2. The van der Waals surface area contributed by atoms with E-state index in [2.05, 4.69) is 4.98 Å². The van der Waals surface area contributed by atoms with Crippen molar-refractivity contribution < 1.29 is 13.5 Å². The molecule has 0 aromatic carbocycles. The standard InChI is InChI=1S/C10H10F2N2O/c1-6-3-7(2)14-10(8(6)4-13)15-5-9(11)12/h3,9H,5H2,1-2H3. The third kappa shape index (κ3) is 2.88. The number of nitrogens with zero attached hydrogens (tertiary/aromatic N) is 2. The summed E-state index contributed by atoms with van der Waals surface area (Å²) in [7, 11) is 0. The van der Waals surface area contributed by atoms with Gasteiger partial charge >= 0.3 is 0 Å². The van der Waals surface area contributed by atoms with E-state index in [4.69, 9.17) is 10.00 Å². The first kappa shape index (κ1) is 11.4. The van der Waals surface area contributed by atoms with E-state index in [0.717, 1.165) is 0 Å². The Hall–Kier alpha value is -1.70. The second-order valence-corrected chi connectivity index (χ2v) is 3.07. The number of nitriles is 1. The van der Waals surface area contributed by atoms with Crippen LogP contribution >= 0.6 is 0 Å². The first-order valence-electron chi connectivity index (χ1n) is 4.34. The van der Waals surface area contributed by atoms with E-state index in [-0.39, 0.29) is 11.4 Å². The summed E-state index contributed by atoms with van der Waals surface area (Å²) in [6, 6.07) is 3.58. The molecule has 0 spiro atoms. The Bertz CT molecular complexity index is 399. The molecule has 0 aliphatic carbocycles. The Morgan fingerprint density at radius 2 is 2.20 bits per heavy atom. The van der Waals surface area contributed by atoms with Gasteiger partial charge in [0.15, 0.2) is 6.61 Å². The van der Waals surface area contributed by atoms with Gasteiger partial charge in [-0.15, -0.1) is 0 Å². The van der Waals surface area contributed by atoms with Crippen molar-refractivity contribution in [1.82, 2.24) is 4.98 Å². The molecule has 1 heterocycles. The highest BCUT2D eigenvalue weighted by molar-refractivity contribution is 5.45. The van der Waals surface area contributed by atoms with Gasteiger partial charge in [-0.2, -0.15) is 5.26 Å². The first-order chi connectivity index (χ1) is 7.04. The predicted octanol–water partition coefficient (Wildman–Crippen LogP) is 2.21. The highest BCUT2D eigenvalue weighted by Gasteiger charge is 2.12. The Morgan fingerprint density at radius 1 is 1.53 bits per heavy atom. The molecular formula is C10H10F2N2O. The molecule has 0 N–H and O–H groups in total. The Kier molecular flexibility index (Phi) is 3.56. The summed E-state index contributed by atoms with van der Waals surface area (Å²) >= 11 is 0. The summed E-state index contributed by atoms with van der Waals surface area (Å²) in [5, 5.41) is 8.80. The topological polar surface area (TPSA) is 45.9 Å². The minimum Gasteiger partial charge on any atom is -0.471 e. The van der Waals surface area contributed by atoms with Crippen LogP contribution in [0.4, 0.5) is 8.78 Å². The highest BCUT2D eigenvalue weighted by Crippen LogP contribution is 2.20. The Balaban J connectivity index is 3.00. The second-order valence-electron chi connectivity index (χ2n) is 3.07. The van der Waals surface area contributed by atoms with Gasteiger partial charge in [0, 0.05) is 5.69 Å². The van der Waals surface area contributed by atoms with Gasteiger partial charge in [-0.05, 0) is 25.5 Å². The zero-order valence-electron chi connectivity index (χ0n) is 8.42. The van der Waals surface area contributed by atoms with E-state index in [9.17, 15) is 8.78 Å². The number of alkyl halides is 2. The molecule has 3 nitrogen and oxygen atoms in total. The van der Waals surface area contributed by atoms with Gasteiger partial charge in [0.2, 0.25) is 5.88 Å². The lowest BCUT2D eigenvalue weighted by Gasteiger charge is -2.08. The average Bonchev–Trinajstić information content (AvgIpc) is 2.13. The molecule has 5 heteroatoms. The van der Waals surface area contributed by atoms with Gasteiger partial charge in [-0.25, -0.2) is 13.8 Å². The van der Waals surface area contributed by atoms with Gasteiger partial charge in [-0.3, -0.25) is 0 Å². The van der Waals surface area contributed by atoms with E-state index < -0.39 is 13.0 Å². The summed E-state index contributed by atoms with van der Waals surface area (Å²) in [6.45, 7) is 2.68. The molecule has 0 aliphatic rings. The number of ether oxygens (including phenoxy) is 1. The molecule has 0 unspecified atom stereocenters. The van der Waals surface area contributed by atoms with E-state index in [1.54, 1.807) is 19.9 Å². The molecule has 0 aliphatic heterocycles. The fraction of sp³-hybridized carbons (Fsp3) is 0.400. The smallest absolute Gasteiger partial charge is 0.272 e. The van der Waals surface area contributed by atoms with E-state index in [1.165, 1.54) is 0 Å². The van der Waals surface area contributed by atoms with Gasteiger partial charge < -0.3 is 4.74 Å². The van der Waals surface area contributed by atoms with Crippen molar-refractivity contribution >= 4 is 0 Å². The molecule has 0 bridgehead atoms. The molecule has 0 saturated heterocycles. The van der Waals surface area contributed by atoms with Crippen molar-refractivity contribution in [3.63, 3.8) is 0 Å². The average molecular weight is 212 g/mol. The lowest BCUT2D eigenvalue weighted by molar-refractivity contribution is 0.0793. The van der Waals surface area contributed by atoms with Crippen LogP contribution in [0, 0.1) is 25.2 Å². The van der Waals surface area contributed by atoms with Gasteiger partial charge in [0.25, 0.3) is 6.43 Å². The molecule has 0 fully saturated rings. The Labute approximate surface area is 86.3 Å². The Morgan fingerprint density at radius 3 is 2.73 bits per heavy atom. The van der Waals surface area contributed by atoms with Crippen LogP contribution in [-0.2, 0) is 0 Å². The van der Waals surface area contributed by atoms with Crippen LogP contribution in [0.15, 0.2) is 6.07 Å². The van der Waals surface area contributed by atoms with E-state index in [1.807, 2.05) is 6.07 Å². The quantitative estimate of drug-likeness (QED) is 0.771. The first-order valence-corrected chi connectivity index (χ1v) is 4.34. The van der Waals surface area contributed by atoms with E-state index >= 15 is 0 Å². The minimum atomic E-state index is -2.57. The number of hydrogen-bond donors (Lipinski definition) is 0. The van der Waals surface area contributed by atoms with Gasteiger partial charge in [-0.1, -0.05) is 0 Å². The molecule has 1 rings (SSSR count). The van der Waals surface area contributed by atoms with Crippen molar-refractivity contribution in [1.29, 1.82) is 5.26 Å². The molecule has 0 atom stereocenters. The number of aromatic nitrogens is 1. The summed E-state index contributed by atoms with van der Waals surface area (Å²) in [5.41, 5.74) is 1.52. The normalized spacial score (nSPS) is 10.1. The lowest BCUT2D eigenvalue weighted by Crippen LogP contribution is -2.10. The predicted molar refractivity (Wildman–Crippen MR) is 49.9 cm³/mol. The van der Waals surface area contributed by atoms with Crippen molar-refractivity contribution in [2.24, 2.45) is 0 Å². The number of aryl methyl sites for hydroxylation is 2. The van der Waals surface area contributed by atoms with Gasteiger partial charge in [0.05, 0.1) is 0 Å². The van der Waals surface area contributed by atoms with Crippen LogP contribution in [0.3, 0.4) is 0 Å². The van der Waals surface area contributed by atoms with Crippen molar-refractivity contribution in [2.75, 3.05) is 6.61 Å². The van der Waals surface area contributed by atoms with E-state index in [0.29, 0.717) is 11.3 Å². The third-order valence-electron chi connectivity index (χ3n) is 1.77. The van der Waals surface area contributed by atoms with Crippen LogP contribution in [0.1, 0.15) is 16.8 Å². The second kappa shape index (κ2) is 4.69. The van der Waals surface area contributed by atoms with Crippen LogP contribution in [-0.4, -0.2) is 18.0 Å². The molecule has 1 aromatic rings. The fourth-order valence-corrected chi connectivity index (χ4v) is 1.18. The third-order valence-corrected chi connectivity index (χ3v) is 1.77. The maximum atomic E-state index is 11.9. The molecule has 80 valence electrons. The largest absolute Gasteiger partial charge is 0.471 e. The maximum absolute atomic E-state index is 11.9. The SMILES string of the molecule is Cc1cc(C)c(C#N)c(OCC(F)F)n1.